The van der Waals surface area contributed by atoms with Crippen LogP contribution in [0.15, 0.2) is 36.5 Å². The maximum absolute atomic E-state index is 10.8. The molecule has 6 nitrogen and oxygen atoms in total. The van der Waals surface area contributed by atoms with Crippen LogP contribution in [0, 0.1) is 5.92 Å². The first-order valence-corrected chi connectivity index (χ1v) is 8.21. The minimum Gasteiger partial charge on any atom is -0.550 e. The number of aliphatic carboxylic acids is 1. The molecule has 0 amide bonds. The zero-order valence-electron chi connectivity index (χ0n) is 14.4. The van der Waals surface area contributed by atoms with Crippen molar-refractivity contribution in [3.63, 3.8) is 0 Å². The fourth-order valence-corrected chi connectivity index (χ4v) is 3.09. The number of carbonyl (C=O) groups excluding carboxylic acids is 1. The summed E-state index contributed by atoms with van der Waals surface area (Å²) in [4.78, 5) is 17.2. The minimum atomic E-state index is -0.969. The Kier molecular flexibility index (Phi) is 7.27. The molecule has 2 heterocycles. The molecule has 0 aliphatic carbocycles. The summed E-state index contributed by atoms with van der Waals surface area (Å²) in [6.07, 6.45) is 2.25. The van der Waals surface area contributed by atoms with E-state index in [1.54, 1.807) is 6.20 Å². The molecule has 0 radical (unpaired) electrons. The summed E-state index contributed by atoms with van der Waals surface area (Å²) >= 11 is 0. The largest absolute Gasteiger partial charge is 1.00 e. The molecule has 0 bridgehead atoms. The Bertz CT molecular complexity index is 699. The summed E-state index contributed by atoms with van der Waals surface area (Å²) < 4.78 is 5.76. The number of likely N-dealkylation sites (tertiary alicyclic amines) is 1. The van der Waals surface area contributed by atoms with E-state index >= 15 is 0 Å². The number of carboxylic acids is 1. The van der Waals surface area contributed by atoms with Gasteiger partial charge in [0.2, 0.25) is 0 Å². The number of hydrogen-bond acceptors (Lipinski definition) is 6. The van der Waals surface area contributed by atoms with E-state index in [4.69, 9.17) is 4.74 Å². The molecule has 128 valence electrons. The second kappa shape index (κ2) is 9.21. The molecule has 0 spiro atoms. The van der Waals surface area contributed by atoms with Crippen molar-refractivity contribution in [3.05, 3.63) is 36.5 Å². The number of ether oxygens (including phenoxy) is 1. The fourth-order valence-electron chi connectivity index (χ4n) is 3.09. The Balaban J connectivity index is 0.00000225. The van der Waals surface area contributed by atoms with Crippen molar-refractivity contribution in [1.29, 1.82) is 0 Å². The molecule has 1 aliphatic heterocycles. The summed E-state index contributed by atoms with van der Waals surface area (Å²) in [5.41, 5.74) is 0.855. The number of aromatic nitrogens is 1. The summed E-state index contributed by atoms with van der Waals surface area (Å²) in [7, 11) is 0. The van der Waals surface area contributed by atoms with Gasteiger partial charge >= 0.3 is 18.9 Å². The fraction of sp³-hybridized carbons (Fsp3) is 0.444. The van der Waals surface area contributed by atoms with Crippen LogP contribution >= 0.6 is 0 Å². The summed E-state index contributed by atoms with van der Waals surface area (Å²) in [6.45, 7) is 1.99. The van der Waals surface area contributed by atoms with Crippen LogP contribution in [0.5, 0.6) is 5.75 Å². The van der Waals surface area contributed by atoms with Gasteiger partial charge in [0, 0.05) is 30.0 Å². The van der Waals surface area contributed by atoms with Gasteiger partial charge in [0.05, 0.1) is 5.52 Å². The SMILES string of the molecule is O=C([O-])C1CCN(CC(O)COc2cccc3ncccc23)CC1.[Li+]. The quantitative estimate of drug-likeness (QED) is 0.584. The van der Waals surface area contributed by atoms with Gasteiger partial charge in [-0.05, 0) is 50.2 Å². The van der Waals surface area contributed by atoms with Crippen LogP contribution in [0.2, 0.25) is 0 Å². The van der Waals surface area contributed by atoms with E-state index in [0.29, 0.717) is 38.2 Å². The van der Waals surface area contributed by atoms with Crippen molar-refractivity contribution in [2.24, 2.45) is 5.92 Å². The second-order valence-corrected chi connectivity index (χ2v) is 6.18. The zero-order chi connectivity index (χ0) is 16.9. The van der Waals surface area contributed by atoms with Gasteiger partial charge in [-0.25, -0.2) is 0 Å². The van der Waals surface area contributed by atoms with Crippen molar-refractivity contribution < 1.29 is 38.6 Å². The van der Waals surface area contributed by atoms with Gasteiger partial charge in [0.1, 0.15) is 18.5 Å². The Morgan fingerprint density at radius 2 is 2.08 bits per heavy atom. The van der Waals surface area contributed by atoms with Gasteiger partial charge in [-0.15, -0.1) is 0 Å². The molecule has 1 saturated heterocycles. The smallest absolute Gasteiger partial charge is 0.550 e. The molecule has 25 heavy (non-hydrogen) atoms. The van der Waals surface area contributed by atoms with Gasteiger partial charge in [-0.1, -0.05) is 6.07 Å². The Hall–Kier alpha value is -1.58. The topological polar surface area (TPSA) is 85.7 Å². The summed E-state index contributed by atoms with van der Waals surface area (Å²) in [5, 5.41) is 22.0. The first-order valence-electron chi connectivity index (χ1n) is 8.21. The number of piperidine rings is 1. The number of fused-ring (bicyclic) bond motifs is 1. The van der Waals surface area contributed by atoms with E-state index in [1.807, 2.05) is 30.3 Å². The third-order valence-corrected chi connectivity index (χ3v) is 4.43. The number of β-amino-alcohol motifs (C(OH)–C–C–N with tert-alkyl or cyclic N) is 1. The van der Waals surface area contributed by atoms with Gasteiger partial charge in [0.15, 0.2) is 0 Å². The van der Waals surface area contributed by atoms with E-state index in [1.165, 1.54) is 0 Å². The summed E-state index contributed by atoms with van der Waals surface area (Å²) in [5.74, 6) is -0.628. The molecule has 1 aliphatic rings. The van der Waals surface area contributed by atoms with Crippen molar-refractivity contribution in [2.45, 2.75) is 18.9 Å². The van der Waals surface area contributed by atoms with Crippen LogP contribution < -0.4 is 28.7 Å². The molecule has 1 atom stereocenters. The molecule has 0 saturated carbocycles. The number of rotatable bonds is 6. The van der Waals surface area contributed by atoms with Crippen LogP contribution in [-0.2, 0) is 4.79 Å². The number of aliphatic hydroxyl groups excluding tert-OH is 1. The van der Waals surface area contributed by atoms with E-state index < -0.39 is 12.1 Å². The molecular weight excluding hydrogens is 315 g/mol. The number of aliphatic hydroxyl groups is 1. The Morgan fingerprint density at radius 3 is 2.80 bits per heavy atom. The number of hydrogen-bond donors (Lipinski definition) is 1. The molecule has 1 aromatic carbocycles. The number of benzene rings is 1. The molecule has 1 N–H and O–H groups in total. The van der Waals surface area contributed by atoms with Crippen molar-refractivity contribution in [3.8, 4) is 5.75 Å². The predicted molar refractivity (Wildman–Crippen MR) is 87.4 cm³/mol. The molecule has 1 fully saturated rings. The average molecular weight is 336 g/mol. The molecule has 1 unspecified atom stereocenters. The van der Waals surface area contributed by atoms with Crippen LogP contribution in [0.3, 0.4) is 0 Å². The zero-order valence-corrected chi connectivity index (χ0v) is 14.4. The number of pyridine rings is 1. The number of carboxylic acid groups (broad SMARTS) is 1. The third kappa shape index (κ3) is 5.19. The van der Waals surface area contributed by atoms with Crippen molar-refractivity contribution in [2.75, 3.05) is 26.2 Å². The third-order valence-electron chi connectivity index (χ3n) is 4.43. The van der Waals surface area contributed by atoms with E-state index in [2.05, 4.69) is 9.88 Å². The first-order chi connectivity index (χ1) is 11.6. The molecular formula is C18H21LiN2O4. The number of carbonyl (C=O) groups is 1. The van der Waals surface area contributed by atoms with Gasteiger partial charge in [-0.2, -0.15) is 0 Å². The number of nitrogens with zero attached hydrogens (tertiary/aromatic N) is 2. The van der Waals surface area contributed by atoms with Gasteiger partial charge < -0.3 is 24.6 Å². The molecule has 1 aromatic heterocycles. The van der Waals surface area contributed by atoms with Crippen LogP contribution in [0.25, 0.3) is 10.9 Å². The standard InChI is InChI=1S/C18H22N2O4.Li/c21-14(11-20-9-6-13(7-10-20)18(22)23)12-24-17-5-1-4-16-15(17)3-2-8-19-16;/h1-5,8,13-14,21H,6-7,9-12H2,(H,22,23);/q;+1/p-1. The van der Waals surface area contributed by atoms with E-state index in [0.717, 1.165) is 10.9 Å². The van der Waals surface area contributed by atoms with Gasteiger partial charge in [-0.3, -0.25) is 4.98 Å². The van der Waals surface area contributed by atoms with E-state index in [9.17, 15) is 15.0 Å². The van der Waals surface area contributed by atoms with Crippen LogP contribution in [-0.4, -0.2) is 53.3 Å². The normalized spacial score (nSPS) is 17.0. The molecule has 7 heteroatoms. The Morgan fingerprint density at radius 1 is 1.32 bits per heavy atom. The van der Waals surface area contributed by atoms with Crippen LogP contribution in [0.4, 0.5) is 0 Å². The van der Waals surface area contributed by atoms with Gasteiger partial charge in [0.25, 0.3) is 0 Å². The average Bonchev–Trinajstić information content (AvgIpc) is 2.60. The van der Waals surface area contributed by atoms with Crippen LogP contribution in [0.1, 0.15) is 12.8 Å². The van der Waals surface area contributed by atoms with Crippen molar-refractivity contribution in [1.82, 2.24) is 9.88 Å². The summed E-state index contributed by atoms with van der Waals surface area (Å²) in [6, 6.07) is 9.45. The first kappa shape index (κ1) is 19.7. The molecule has 3 rings (SSSR count). The second-order valence-electron chi connectivity index (χ2n) is 6.18. The monoisotopic (exact) mass is 336 g/mol. The predicted octanol–water partition coefficient (Wildman–Crippen LogP) is -2.56. The van der Waals surface area contributed by atoms with E-state index in [-0.39, 0.29) is 31.4 Å². The maximum atomic E-state index is 10.8. The minimum absolute atomic E-state index is 0. The van der Waals surface area contributed by atoms with Crippen molar-refractivity contribution >= 4 is 16.9 Å². The maximum Gasteiger partial charge on any atom is 1.00 e. The Labute approximate surface area is 159 Å². The molecule has 2 aromatic rings.